The molecule has 0 heterocycles. The van der Waals surface area contributed by atoms with Crippen LogP contribution in [-0.4, -0.2) is 12.6 Å². The number of nitrogens with zero attached hydrogens (tertiary/aromatic N) is 1. The fourth-order valence-electron chi connectivity index (χ4n) is 1.15. The van der Waals surface area contributed by atoms with Crippen molar-refractivity contribution in [3.63, 3.8) is 0 Å². The predicted octanol–water partition coefficient (Wildman–Crippen LogP) is 2.43. The molecule has 0 aliphatic carbocycles. The lowest BCUT2D eigenvalue weighted by molar-refractivity contribution is -0.142. The maximum atomic E-state index is 11.2. The Kier molecular flexibility index (Phi) is 4.32. The summed E-state index contributed by atoms with van der Waals surface area (Å²) < 4.78 is 5.55. The molecule has 3 nitrogen and oxygen atoms in total. The van der Waals surface area contributed by atoms with Crippen molar-refractivity contribution in [3.05, 3.63) is 33.8 Å². The van der Waals surface area contributed by atoms with Gasteiger partial charge in [0.1, 0.15) is 6.07 Å². The summed E-state index contributed by atoms with van der Waals surface area (Å²) in [4.78, 5) is 11.2. The van der Waals surface area contributed by atoms with Gasteiger partial charge in [-0.05, 0) is 40.5 Å². The van der Waals surface area contributed by atoms with Crippen LogP contribution in [0.3, 0.4) is 0 Å². The molecule has 1 rings (SSSR count). The molecule has 15 heavy (non-hydrogen) atoms. The second-order valence-corrected chi connectivity index (χ2v) is 3.76. The van der Waals surface area contributed by atoms with E-state index in [0.29, 0.717) is 12.2 Å². The highest BCUT2D eigenvalue weighted by Crippen LogP contribution is 2.17. The Balaban J connectivity index is 2.80. The van der Waals surface area contributed by atoms with Gasteiger partial charge in [0, 0.05) is 4.47 Å². The van der Waals surface area contributed by atoms with E-state index < -0.39 is 0 Å². The Morgan fingerprint density at radius 2 is 2.33 bits per heavy atom. The number of benzene rings is 1. The number of nitriles is 1. The van der Waals surface area contributed by atoms with Gasteiger partial charge in [-0.2, -0.15) is 5.26 Å². The third kappa shape index (κ3) is 3.37. The van der Waals surface area contributed by atoms with Gasteiger partial charge >= 0.3 is 5.97 Å². The van der Waals surface area contributed by atoms with Crippen molar-refractivity contribution in [3.8, 4) is 6.07 Å². The van der Waals surface area contributed by atoms with E-state index in [-0.39, 0.29) is 12.4 Å². The summed E-state index contributed by atoms with van der Waals surface area (Å²) in [6, 6.07) is 7.27. The minimum absolute atomic E-state index is 0.204. The first-order chi connectivity index (χ1) is 7.17. The van der Waals surface area contributed by atoms with Gasteiger partial charge in [-0.1, -0.05) is 6.07 Å². The standard InChI is InChI=1S/C11H10BrNO2/c1-2-15-11(14)6-8-3-4-10(12)9(5-8)7-13/h3-5H,2,6H2,1H3. The zero-order chi connectivity index (χ0) is 11.3. The Morgan fingerprint density at radius 1 is 1.60 bits per heavy atom. The molecule has 0 bridgehead atoms. The van der Waals surface area contributed by atoms with Crippen LogP contribution in [-0.2, 0) is 16.0 Å². The minimum Gasteiger partial charge on any atom is -0.466 e. The van der Waals surface area contributed by atoms with Crippen molar-refractivity contribution in [1.29, 1.82) is 5.26 Å². The van der Waals surface area contributed by atoms with E-state index in [1.165, 1.54) is 0 Å². The summed E-state index contributed by atoms with van der Waals surface area (Å²) in [5.41, 5.74) is 1.31. The fourth-order valence-corrected chi connectivity index (χ4v) is 1.48. The molecule has 78 valence electrons. The summed E-state index contributed by atoms with van der Waals surface area (Å²) in [5, 5.41) is 8.78. The number of ether oxygens (including phenoxy) is 1. The highest BCUT2D eigenvalue weighted by molar-refractivity contribution is 9.10. The predicted molar refractivity (Wildman–Crippen MR) is 59.2 cm³/mol. The summed E-state index contributed by atoms with van der Waals surface area (Å²) in [6.07, 6.45) is 0.204. The third-order valence-corrected chi connectivity index (χ3v) is 2.50. The van der Waals surface area contributed by atoms with Crippen molar-refractivity contribution < 1.29 is 9.53 Å². The molecule has 0 fully saturated rings. The van der Waals surface area contributed by atoms with Crippen LogP contribution in [0, 0.1) is 11.3 Å². The second-order valence-electron chi connectivity index (χ2n) is 2.91. The summed E-state index contributed by atoms with van der Waals surface area (Å²) in [6.45, 7) is 2.14. The van der Waals surface area contributed by atoms with Crippen molar-refractivity contribution in [2.75, 3.05) is 6.61 Å². The van der Waals surface area contributed by atoms with E-state index in [0.717, 1.165) is 10.0 Å². The van der Waals surface area contributed by atoms with Gasteiger partial charge in [0.25, 0.3) is 0 Å². The summed E-state index contributed by atoms with van der Waals surface area (Å²) in [5.74, 6) is -0.274. The SMILES string of the molecule is CCOC(=O)Cc1ccc(Br)c(C#N)c1. The Morgan fingerprint density at radius 3 is 2.93 bits per heavy atom. The lowest BCUT2D eigenvalue weighted by Crippen LogP contribution is -2.07. The Bertz CT molecular complexity index is 410. The zero-order valence-corrected chi connectivity index (χ0v) is 9.87. The first kappa shape index (κ1) is 11.7. The summed E-state index contributed by atoms with van der Waals surface area (Å²) >= 11 is 3.25. The largest absolute Gasteiger partial charge is 0.466 e. The maximum Gasteiger partial charge on any atom is 0.310 e. The van der Waals surface area contributed by atoms with Crippen LogP contribution in [0.25, 0.3) is 0 Å². The molecule has 0 amide bonds. The van der Waals surface area contributed by atoms with E-state index >= 15 is 0 Å². The Hall–Kier alpha value is -1.34. The molecule has 0 aliphatic rings. The van der Waals surface area contributed by atoms with Crippen LogP contribution < -0.4 is 0 Å². The monoisotopic (exact) mass is 267 g/mol. The molecule has 0 saturated heterocycles. The number of esters is 1. The molecule has 0 aliphatic heterocycles. The van der Waals surface area contributed by atoms with E-state index in [9.17, 15) is 4.79 Å². The number of carbonyl (C=O) groups is 1. The molecule has 4 heteroatoms. The van der Waals surface area contributed by atoms with Gasteiger partial charge in [0.2, 0.25) is 0 Å². The smallest absolute Gasteiger partial charge is 0.310 e. The molecule has 0 atom stereocenters. The third-order valence-electron chi connectivity index (χ3n) is 1.81. The number of rotatable bonds is 3. The molecule has 0 N–H and O–H groups in total. The van der Waals surface area contributed by atoms with Crippen LogP contribution in [0.2, 0.25) is 0 Å². The molecule has 0 unspecified atom stereocenters. The first-order valence-corrected chi connectivity index (χ1v) is 5.30. The normalized spacial score (nSPS) is 9.40. The van der Waals surface area contributed by atoms with Gasteiger partial charge in [0.15, 0.2) is 0 Å². The van der Waals surface area contributed by atoms with E-state index in [1.807, 2.05) is 6.07 Å². The van der Waals surface area contributed by atoms with E-state index in [4.69, 9.17) is 10.00 Å². The van der Waals surface area contributed by atoms with E-state index in [2.05, 4.69) is 15.9 Å². The average molecular weight is 268 g/mol. The van der Waals surface area contributed by atoms with Crippen LogP contribution in [0.5, 0.6) is 0 Å². The molecule has 1 aromatic carbocycles. The van der Waals surface area contributed by atoms with Crippen LogP contribution >= 0.6 is 15.9 Å². The van der Waals surface area contributed by atoms with Crippen LogP contribution in [0.15, 0.2) is 22.7 Å². The van der Waals surface area contributed by atoms with Gasteiger partial charge in [-0.15, -0.1) is 0 Å². The number of halogens is 1. The van der Waals surface area contributed by atoms with Gasteiger partial charge < -0.3 is 4.74 Å². The number of hydrogen-bond acceptors (Lipinski definition) is 3. The van der Waals surface area contributed by atoms with Crippen molar-refractivity contribution in [2.45, 2.75) is 13.3 Å². The zero-order valence-electron chi connectivity index (χ0n) is 8.29. The molecular formula is C11H10BrNO2. The Labute approximate surface area is 96.8 Å². The second kappa shape index (κ2) is 5.52. The molecule has 0 radical (unpaired) electrons. The van der Waals surface area contributed by atoms with Crippen molar-refractivity contribution in [1.82, 2.24) is 0 Å². The van der Waals surface area contributed by atoms with E-state index in [1.54, 1.807) is 25.1 Å². The lowest BCUT2D eigenvalue weighted by Gasteiger charge is -2.03. The topological polar surface area (TPSA) is 50.1 Å². The highest BCUT2D eigenvalue weighted by Gasteiger charge is 2.06. The molecule has 0 saturated carbocycles. The van der Waals surface area contributed by atoms with Crippen LogP contribution in [0.1, 0.15) is 18.1 Å². The quantitative estimate of drug-likeness (QED) is 0.791. The minimum atomic E-state index is -0.274. The maximum absolute atomic E-state index is 11.2. The lowest BCUT2D eigenvalue weighted by atomic mass is 10.1. The van der Waals surface area contributed by atoms with Crippen molar-refractivity contribution in [2.24, 2.45) is 0 Å². The number of hydrogen-bond donors (Lipinski definition) is 0. The van der Waals surface area contributed by atoms with Gasteiger partial charge in [0.05, 0.1) is 18.6 Å². The molecule has 0 aromatic heterocycles. The van der Waals surface area contributed by atoms with Gasteiger partial charge in [-0.25, -0.2) is 0 Å². The average Bonchev–Trinajstić information content (AvgIpc) is 2.21. The van der Waals surface area contributed by atoms with Crippen LogP contribution in [0.4, 0.5) is 0 Å². The highest BCUT2D eigenvalue weighted by atomic mass is 79.9. The first-order valence-electron chi connectivity index (χ1n) is 4.51. The molecule has 0 spiro atoms. The molecular weight excluding hydrogens is 258 g/mol. The fraction of sp³-hybridized carbons (Fsp3) is 0.273. The summed E-state index contributed by atoms with van der Waals surface area (Å²) in [7, 11) is 0. The molecule has 1 aromatic rings. The van der Waals surface area contributed by atoms with Gasteiger partial charge in [-0.3, -0.25) is 4.79 Å². The number of carbonyl (C=O) groups excluding carboxylic acids is 1. The van der Waals surface area contributed by atoms with Crippen molar-refractivity contribution >= 4 is 21.9 Å².